The van der Waals surface area contributed by atoms with Crippen molar-refractivity contribution in [2.75, 3.05) is 26.7 Å². The molecule has 1 unspecified atom stereocenters. The smallest absolute Gasteiger partial charge is 0.334 e. The van der Waals surface area contributed by atoms with Crippen molar-refractivity contribution in [3.63, 3.8) is 0 Å². The maximum absolute atomic E-state index is 14.0. The molecule has 11 heteroatoms. The molecule has 42 heavy (non-hydrogen) atoms. The summed E-state index contributed by atoms with van der Waals surface area (Å²) in [5.74, 6) is 0.187. The number of phenols is 1. The number of aromatic hydroxyl groups is 1. The molecule has 0 aromatic heterocycles. The molecule has 0 saturated carbocycles. The van der Waals surface area contributed by atoms with Crippen molar-refractivity contribution >= 4 is 17.8 Å². The summed E-state index contributed by atoms with van der Waals surface area (Å²) in [5.41, 5.74) is 2.51. The topological polar surface area (TPSA) is 129 Å². The number of nitrogens with one attached hydrogen (secondary N) is 1. The van der Waals surface area contributed by atoms with Gasteiger partial charge < -0.3 is 25.0 Å². The molecular formula is C31H32N6O5. The molecule has 216 valence electrons. The fourth-order valence-corrected chi connectivity index (χ4v) is 5.42. The molecule has 0 radical (unpaired) electrons. The average molecular weight is 569 g/mol. The van der Waals surface area contributed by atoms with E-state index in [1.165, 1.54) is 27.1 Å². The number of methoxy groups -OCH3 is 1. The summed E-state index contributed by atoms with van der Waals surface area (Å²) in [7, 11) is 1.58. The Morgan fingerprint density at radius 2 is 1.69 bits per heavy atom. The third-order valence-corrected chi connectivity index (χ3v) is 7.48. The molecule has 2 atom stereocenters. The quantitative estimate of drug-likeness (QED) is 0.400. The molecule has 3 aromatic carbocycles. The van der Waals surface area contributed by atoms with Crippen LogP contribution in [0.25, 0.3) is 0 Å². The van der Waals surface area contributed by atoms with Gasteiger partial charge in [-0.05, 0) is 41.0 Å². The highest BCUT2D eigenvalue weighted by Crippen LogP contribution is 2.29. The summed E-state index contributed by atoms with van der Waals surface area (Å²) in [6.45, 7) is 0.168. The second-order valence-electron chi connectivity index (χ2n) is 10.2. The van der Waals surface area contributed by atoms with Crippen LogP contribution in [0.1, 0.15) is 16.7 Å². The van der Waals surface area contributed by atoms with Gasteiger partial charge in [-0.3, -0.25) is 9.59 Å². The van der Waals surface area contributed by atoms with E-state index in [0.29, 0.717) is 5.75 Å². The fourth-order valence-electron chi connectivity index (χ4n) is 5.42. The van der Waals surface area contributed by atoms with Crippen molar-refractivity contribution in [3.8, 4) is 17.6 Å². The minimum absolute atomic E-state index is 0.0589. The highest BCUT2D eigenvalue weighted by Gasteiger charge is 2.51. The van der Waals surface area contributed by atoms with Crippen LogP contribution in [0.5, 0.6) is 11.5 Å². The van der Waals surface area contributed by atoms with Gasteiger partial charge in [-0.15, -0.1) is 0 Å². The van der Waals surface area contributed by atoms with Crippen LogP contribution < -0.4 is 10.1 Å². The number of hydrogen-bond acceptors (Lipinski definition) is 7. The normalized spacial score (nSPS) is 18.8. The predicted molar refractivity (Wildman–Crippen MR) is 152 cm³/mol. The Hall–Kier alpha value is -5.08. The highest BCUT2D eigenvalue weighted by molar-refractivity contribution is 5.91. The summed E-state index contributed by atoms with van der Waals surface area (Å²) in [6.07, 6.45) is -0.647. The Balaban J connectivity index is 1.48. The molecule has 0 spiro atoms. The van der Waals surface area contributed by atoms with E-state index >= 15 is 0 Å². The number of hydrogen-bond donors (Lipinski definition) is 2. The van der Waals surface area contributed by atoms with Gasteiger partial charge in [0.15, 0.2) is 0 Å². The summed E-state index contributed by atoms with van der Waals surface area (Å²) in [6, 6.07) is 24.0. The van der Waals surface area contributed by atoms with Crippen LogP contribution in [0.15, 0.2) is 78.9 Å². The lowest BCUT2D eigenvalue weighted by Crippen LogP contribution is -2.76. The first-order valence-corrected chi connectivity index (χ1v) is 13.6. The molecule has 0 aliphatic carbocycles. The SMILES string of the molecule is COc1ccc(CN2C[C@H]3N(C(=O)CN(CC#N)N3C(=O)NCc3ccccc3)C(Cc3ccc(O)cc3)C2=O)cc1. The zero-order chi connectivity index (χ0) is 29.6. The van der Waals surface area contributed by atoms with Crippen molar-refractivity contribution in [1.82, 2.24) is 25.1 Å². The van der Waals surface area contributed by atoms with Crippen molar-refractivity contribution in [2.24, 2.45) is 0 Å². The maximum atomic E-state index is 14.0. The number of benzene rings is 3. The van der Waals surface area contributed by atoms with Gasteiger partial charge in [0.05, 0.1) is 26.3 Å². The molecule has 5 rings (SSSR count). The molecule has 2 fully saturated rings. The first-order valence-electron chi connectivity index (χ1n) is 13.6. The number of urea groups is 1. The Bertz CT molecular complexity index is 1460. The van der Waals surface area contributed by atoms with Gasteiger partial charge in [-0.2, -0.15) is 10.3 Å². The Morgan fingerprint density at radius 3 is 2.36 bits per heavy atom. The van der Waals surface area contributed by atoms with Crippen molar-refractivity contribution in [3.05, 3.63) is 95.6 Å². The van der Waals surface area contributed by atoms with Gasteiger partial charge in [-0.25, -0.2) is 9.80 Å². The molecule has 2 N–H and O–H groups in total. The summed E-state index contributed by atoms with van der Waals surface area (Å²) in [4.78, 5) is 44.4. The standard InChI is InChI=1S/C31H32N6O5/c1-42-26-13-9-24(10-14-26)19-34-20-28-36(27(30(34)40)17-22-7-11-25(38)12-8-22)29(39)21-35(16-15-32)37(28)31(41)33-18-23-5-3-2-4-6-23/h2-14,27-28,38H,16-21H2,1H3,(H,33,41)/t27?,28-/m0/s1. The molecule has 2 aliphatic heterocycles. The number of amides is 4. The molecule has 11 nitrogen and oxygen atoms in total. The van der Waals surface area contributed by atoms with Crippen LogP contribution in [-0.2, 0) is 29.1 Å². The lowest BCUT2D eigenvalue weighted by Gasteiger charge is -2.54. The molecule has 2 aliphatic rings. The number of nitriles is 1. The van der Waals surface area contributed by atoms with E-state index in [-0.39, 0.29) is 56.7 Å². The zero-order valence-electron chi connectivity index (χ0n) is 23.2. The second-order valence-corrected chi connectivity index (χ2v) is 10.2. The molecule has 4 amide bonds. The predicted octanol–water partition coefficient (Wildman–Crippen LogP) is 2.47. The highest BCUT2D eigenvalue weighted by atomic mass is 16.5. The number of carbonyl (C=O) groups is 3. The van der Waals surface area contributed by atoms with Crippen LogP contribution in [-0.4, -0.2) is 81.7 Å². The van der Waals surface area contributed by atoms with E-state index in [4.69, 9.17) is 4.74 Å². The first kappa shape index (κ1) is 28.4. The van der Waals surface area contributed by atoms with Gasteiger partial charge in [0.2, 0.25) is 11.8 Å². The number of fused-ring (bicyclic) bond motifs is 1. The summed E-state index contributed by atoms with van der Waals surface area (Å²) in [5, 5.41) is 25.1. The molecule has 3 aromatic rings. The minimum atomic E-state index is -0.896. The number of piperazine rings is 1. The zero-order valence-corrected chi connectivity index (χ0v) is 23.2. The third kappa shape index (κ3) is 6.14. The van der Waals surface area contributed by atoms with E-state index in [2.05, 4.69) is 11.4 Å². The fraction of sp³-hybridized carbons (Fsp3) is 0.290. The lowest BCUT2D eigenvalue weighted by molar-refractivity contribution is -0.189. The number of carbonyl (C=O) groups excluding carboxylic acids is 3. The molecular weight excluding hydrogens is 536 g/mol. The minimum Gasteiger partial charge on any atom is -0.508 e. The van der Waals surface area contributed by atoms with Crippen LogP contribution in [0.2, 0.25) is 0 Å². The lowest BCUT2D eigenvalue weighted by atomic mass is 9.98. The number of rotatable bonds is 8. The van der Waals surface area contributed by atoms with Gasteiger partial charge in [0.1, 0.15) is 30.3 Å². The molecule has 2 saturated heterocycles. The van der Waals surface area contributed by atoms with Gasteiger partial charge in [0.25, 0.3) is 0 Å². The summed E-state index contributed by atoms with van der Waals surface area (Å²) >= 11 is 0. The van der Waals surface area contributed by atoms with Gasteiger partial charge >= 0.3 is 6.03 Å². The van der Waals surface area contributed by atoms with E-state index in [1.807, 2.05) is 54.6 Å². The van der Waals surface area contributed by atoms with Crippen LogP contribution in [0.4, 0.5) is 4.79 Å². The van der Waals surface area contributed by atoms with E-state index in [1.54, 1.807) is 24.1 Å². The van der Waals surface area contributed by atoms with Crippen molar-refractivity contribution in [2.45, 2.75) is 31.7 Å². The Labute approximate surface area is 244 Å². The van der Waals surface area contributed by atoms with Crippen LogP contribution >= 0.6 is 0 Å². The number of ether oxygens (including phenoxy) is 1. The Morgan fingerprint density at radius 1 is 1.00 bits per heavy atom. The Kier molecular flexibility index (Phi) is 8.55. The monoisotopic (exact) mass is 568 g/mol. The summed E-state index contributed by atoms with van der Waals surface area (Å²) < 4.78 is 5.26. The van der Waals surface area contributed by atoms with Crippen molar-refractivity contribution < 1.29 is 24.2 Å². The maximum Gasteiger partial charge on any atom is 0.334 e. The average Bonchev–Trinajstić information content (AvgIpc) is 3.00. The van der Waals surface area contributed by atoms with Gasteiger partial charge in [-0.1, -0.05) is 54.6 Å². The molecule has 0 bridgehead atoms. The van der Waals surface area contributed by atoms with Gasteiger partial charge in [0, 0.05) is 19.5 Å². The van der Waals surface area contributed by atoms with E-state index < -0.39 is 18.2 Å². The second kappa shape index (κ2) is 12.6. The largest absolute Gasteiger partial charge is 0.508 e. The number of nitrogens with zero attached hydrogens (tertiary/aromatic N) is 5. The van der Waals surface area contributed by atoms with Crippen molar-refractivity contribution in [1.29, 1.82) is 5.26 Å². The van der Waals surface area contributed by atoms with E-state index in [9.17, 15) is 24.8 Å². The van der Waals surface area contributed by atoms with Crippen LogP contribution in [0, 0.1) is 11.3 Å². The van der Waals surface area contributed by atoms with Crippen LogP contribution in [0.3, 0.4) is 0 Å². The first-order chi connectivity index (χ1) is 20.4. The third-order valence-electron chi connectivity index (χ3n) is 7.48. The number of hydrazine groups is 1. The number of phenolic OH excluding ortho intramolecular Hbond substituents is 1. The molecule has 2 heterocycles. The van der Waals surface area contributed by atoms with E-state index in [0.717, 1.165) is 16.7 Å².